The number of hydrogen-bond acceptors (Lipinski definition) is 12. The summed E-state index contributed by atoms with van der Waals surface area (Å²) in [5.74, 6) is -3.32. The molecule has 1 aromatic rings. The molecule has 2 aliphatic heterocycles. The molecule has 12 nitrogen and oxygen atoms in total. The number of esters is 2. The number of ether oxygens (including phenoxy) is 8. The molecule has 0 bridgehead atoms. The van der Waals surface area contributed by atoms with Crippen LogP contribution in [0, 0.1) is 17.2 Å². The van der Waals surface area contributed by atoms with Gasteiger partial charge in [0.15, 0.2) is 18.2 Å². The summed E-state index contributed by atoms with van der Waals surface area (Å²) < 4.78 is 45.5. The van der Waals surface area contributed by atoms with E-state index < -0.39 is 82.7 Å². The third-order valence-corrected chi connectivity index (χ3v) is 8.33. The van der Waals surface area contributed by atoms with Gasteiger partial charge in [0.1, 0.15) is 31.0 Å². The number of Topliss-reactive ketones (excluding diaryl/α,β-unsaturated/α-hetero) is 1. The lowest BCUT2D eigenvalue weighted by Gasteiger charge is -2.48. The van der Waals surface area contributed by atoms with Crippen molar-refractivity contribution in [3.8, 4) is 0 Å². The lowest BCUT2D eigenvalue weighted by Crippen LogP contribution is -2.63. The van der Waals surface area contributed by atoms with Crippen molar-refractivity contribution in [2.75, 3.05) is 20.3 Å². The molecule has 2 saturated heterocycles. The third-order valence-electron chi connectivity index (χ3n) is 7.82. The van der Waals surface area contributed by atoms with Crippen molar-refractivity contribution in [2.45, 2.75) is 100 Å². The molecule has 15 heteroatoms. The summed E-state index contributed by atoms with van der Waals surface area (Å²) in [5.41, 5.74) is 0.292. The lowest BCUT2D eigenvalue weighted by molar-refractivity contribution is -0.339. The number of carbonyl (C=O) groups is 3. The number of halogens is 3. The van der Waals surface area contributed by atoms with Gasteiger partial charge in [-0.25, -0.2) is 4.79 Å². The van der Waals surface area contributed by atoms with Crippen molar-refractivity contribution in [3.63, 3.8) is 0 Å². The molecular formula is C31H42Cl3NO11. The Morgan fingerprint density at radius 1 is 0.913 bits per heavy atom. The molecule has 2 heterocycles. The van der Waals surface area contributed by atoms with Crippen LogP contribution in [0.15, 0.2) is 30.3 Å². The summed E-state index contributed by atoms with van der Waals surface area (Å²) in [7, 11) is 1.44. The monoisotopic (exact) mass is 709 g/mol. The van der Waals surface area contributed by atoms with E-state index in [-0.39, 0.29) is 12.4 Å². The predicted molar refractivity (Wildman–Crippen MR) is 168 cm³/mol. The SMILES string of the molecule is CCCCOC1C(OC(=N)C(Cl)(Cl)Cl)OC(COC(C)=O)[C@@H](O[C@@H]2OC(C(C)=O)[C@H](C)[C@@H](OC)C2OC(=O)c2ccccc2)[C@@H]1C. The van der Waals surface area contributed by atoms with Crippen LogP contribution in [0.5, 0.6) is 0 Å². The van der Waals surface area contributed by atoms with Gasteiger partial charge in [-0.3, -0.25) is 15.0 Å². The number of methoxy groups -OCH3 is 1. The first-order valence-corrected chi connectivity index (χ1v) is 16.2. The van der Waals surface area contributed by atoms with Crippen LogP contribution in [0.4, 0.5) is 0 Å². The number of hydrogen-bond donors (Lipinski definition) is 1. The maximum atomic E-state index is 13.2. The minimum Gasteiger partial charge on any atom is -0.463 e. The summed E-state index contributed by atoms with van der Waals surface area (Å²) in [4.78, 5) is 37.8. The van der Waals surface area contributed by atoms with Crippen LogP contribution in [0.25, 0.3) is 0 Å². The number of ketones is 1. The summed E-state index contributed by atoms with van der Waals surface area (Å²) in [5, 5.41) is 8.14. The van der Waals surface area contributed by atoms with Gasteiger partial charge in [0, 0.05) is 32.5 Å². The van der Waals surface area contributed by atoms with Crippen molar-refractivity contribution < 1.29 is 52.3 Å². The molecule has 10 atom stereocenters. The van der Waals surface area contributed by atoms with E-state index in [0.29, 0.717) is 18.6 Å². The molecule has 46 heavy (non-hydrogen) atoms. The van der Waals surface area contributed by atoms with Gasteiger partial charge in [-0.2, -0.15) is 0 Å². The van der Waals surface area contributed by atoms with Gasteiger partial charge in [0.05, 0.1) is 11.7 Å². The van der Waals surface area contributed by atoms with E-state index in [2.05, 4.69) is 0 Å². The molecule has 0 aliphatic carbocycles. The minimum atomic E-state index is -2.18. The number of carbonyl (C=O) groups excluding carboxylic acids is 3. The smallest absolute Gasteiger partial charge is 0.338 e. The average molecular weight is 711 g/mol. The van der Waals surface area contributed by atoms with Crippen LogP contribution >= 0.6 is 34.8 Å². The fraction of sp³-hybridized carbons (Fsp3) is 0.677. The van der Waals surface area contributed by atoms with Crippen LogP contribution in [-0.4, -0.2) is 96.9 Å². The molecule has 2 fully saturated rings. The highest BCUT2D eigenvalue weighted by Gasteiger charge is 2.54. The van der Waals surface area contributed by atoms with Crippen LogP contribution < -0.4 is 0 Å². The molecule has 258 valence electrons. The highest BCUT2D eigenvalue weighted by molar-refractivity contribution is 6.76. The molecule has 0 spiro atoms. The Balaban J connectivity index is 2.00. The fourth-order valence-corrected chi connectivity index (χ4v) is 5.59. The third kappa shape index (κ3) is 9.99. The summed E-state index contributed by atoms with van der Waals surface area (Å²) in [6.07, 6.45) is -6.77. The quantitative estimate of drug-likeness (QED) is 0.0966. The van der Waals surface area contributed by atoms with Crippen LogP contribution in [0.3, 0.4) is 0 Å². The Morgan fingerprint density at radius 3 is 2.15 bits per heavy atom. The molecule has 3 rings (SSSR count). The van der Waals surface area contributed by atoms with Crippen molar-refractivity contribution in [2.24, 2.45) is 11.8 Å². The Kier molecular flexibility index (Phi) is 14.5. The van der Waals surface area contributed by atoms with E-state index in [0.717, 1.165) is 6.42 Å². The lowest BCUT2D eigenvalue weighted by atomic mass is 9.87. The normalized spacial score (nSPS) is 31.5. The molecule has 0 saturated carbocycles. The van der Waals surface area contributed by atoms with Gasteiger partial charge in [-0.1, -0.05) is 80.2 Å². The first-order valence-electron chi connectivity index (χ1n) is 15.0. The van der Waals surface area contributed by atoms with Crippen LogP contribution in [0.1, 0.15) is 57.8 Å². The van der Waals surface area contributed by atoms with Crippen molar-refractivity contribution in [1.82, 2.24) is 0 Å². The zero-order valence-electron chi connectivity index (χ0n) is 26.6. The second kappa shape index (κ2) is 17.4. The van der Waals surface area contributed by atoms with Crippen molar-refractivity contribution in [3.05, 3.63) is 35.9 Å². The number of benzene rings is 1. The van der Waals surface area contributed by atoms with Gasteiger partial charge in [-0.15, -0.1) is 0 Å². The van der Waals surface area contributed by atoms with E-state index in [1.807, 2.05) is 6.92 Å². The molecular weight excluding hydrogens is 669 g/mol. The van der Waals surface area contributed by atoms with E-state index in [1.54, 1.807) is 44.2 Å². The number of unbranched alkanes of at least 4 members (excludes halogenated alkanes) is 1. The molecule has 5 unspecified atom stereocenters. The van der Waals surface area contributed by atoms with E-state index in [1.165, 1.54) is 21.0 Å². The number of alkyl halides is 3. The largest absolute Gasteiger partial charge is 0.463 e. The van der Waals surface area contributed by atoms with E-state index in [9.17, 15) is 14.4 Å². The summed E-state index contributed by atoms with van der Waals surface area (Å²) in [6.45, 7) is 8.17. The first kappa shape index (κ1) is 38.4. The molecule has 1 aromatic carbocycles. The van der Waals surface area contributed by atoms with Gasteiger partial charge >= 0.3 is 11.9 Å². The maximum Gasteiger partial charge on any atom is 0.338 e. The highest BCUT2D eigenvalue weighted by Crippen LogP contribution is 2.38. The first-order chi connectivity index (χ1) is 21.7. The average Bonchev–Trinajstić information content (AvgIpc) is 2.99. The molecule has 0 aromatic heterocycles. The van der Waals surface area contributed by atoms with Crippen LogP contribution in [-0.2, 0) is 47.5 Å². The molecule has 0 radical (unpaired) electrons. The Bertz CT molecular complexity index is 1180. The molecule has 0 amide bonds. The molecule has 2 aliphatic rings. The highest BCUT2D eigenvalue weighted by atomic mass is 35.6. The zero-order valence-corrected chi connectivity index (χ0v) is 28.9. The maximum absolute atomic E-state index is 13.2. The zero-order chi connectivity index (χ0) is 34.2. The van der Waals surface area contributed by atoms with Crippen LogP contribution in [0.2, 0.25) is 0 Å². The predicted octanol–water partition coefficient (Wildman–Crippen LogP) is 5.04. The van der Waals surface area contributed by atoms with E-state index in [4.69, 9.17) is 78.1 Å². The summed E-state index contributed by atoms with van der Waals surface area (Å²) in [6, 6.07) is 8.37. The number of nitrogens with one attached hydrogen (secondary N) is 1. The van der Waals surface area contributed by atoms with Crippen molar-refractivity contribution >= 4 is 58.4 Å². The summed E-state index contributed by atoms with van der Waals surface area (Å²) >= 11 is 17.7. The van der Waals surface area contributed by atoms with E-state index >= 15 is 0 Å². The Hall–Kier alpha value is -2.03. The Labute approximate surface area is 284 Å². The fourth-order valence-electron chi connectivity index (χ4n) is 5.46. The standard InChI is InChI=1S/C31H42Cl3NO11/c1-7-8-14-40-25-17(3)23(21(15-41-19(5)37)42-28(25)46-30(35)31(32,33)34)45-29-26(43-27(38)20-12-10-9-11-13-20)24(39-6)16(2)22(44-29)18(4)36/h9-13,16-17,21-26,28-29,35H,7-8,14-15H2,1-6H3/t16-,17-,21?,22?,23-,24+,25?,26?,28?,29-/m0/s1. The van der Waals surface area contributed by atoms with Gasteiger partial charge in [0.2, 0.25) is 12.2 Å². The van der Waals surface area contributed by atoms with Gasteiger partial charge in [0.25, 0.3) is 3.79 Å². The van der Waals surface area contributed by atoms with Gasteiger partial charge in [-0.05, 0) is 25.5 Å². The minimum absolute atomic E-state index is 0.278. The van der Waals surface area contributed by atoms with Crippen molar-refractivity contribution in [1.29, 1.82) is 5.41 Å². The topological polar surface area (TPSA) is 149 Å². The second-order valence-corrected chi connectivity index (χ2v) is 13.6. The Morgan fingerprint density at radius 2 is 1.59 bits per heavy atom. The number of rotatable bonds is 13. The molecule has 1 N–H and O–H groups in total. The second-order valence-electron chi connectivity index (χ2n) is 11.3. The van der Waals surface area contributed by atoms with Gasteiger partial charge < -0.3 is 37.9 Å².